The first-order valence-electron chi connectivity index (χ1n) is 6.11. The van der Waals surface area contributed by atoms with E-state index < -0.39 is 0 Å². The van der Waals surface area contributed by atoms with E-state index in [0.29, 0.717) is 19.1 Å². The molecule has 0 bridgehead atoms. The molecular formula is C12H16N4O3. The molecule has 1 aliphatic rings. The van der Waals surface area contributed by atoms with Crippen LogP contribution in [0.5, 0.6) is 6.01 Å². The summed E-state index contributed by atoms with van der Waals surface area (Å²) in [6.07, 6.45) is 3.86. The van der Waals surface area contributed by atoms with E-state index in [4.69, 9.17) is 4.74 Å². The number of nitrogens with one attached hydrogen (secondary N) is 1. The zero-order valence-electron chi connectivity index (χ0n) is 10.7. The molecule has 1 saturated heterocycles. The maximum absolute atomic E-state index is 11.8. The van der Waals surface area contributed by atoms with Gasteiger partial charge in [-0.05, 0) is 6.07 Å². The number of likely N-dealkylation sites (tertiary alicyclic amines) is 1. The normalized spacial score (nSPS) is 18.2. The van der Waals surface area contributed by atoms with E-state index in [1.54, 1.807) is 23.4 Å². The molecule has 7 nitrogen and oxygen atoms in total. The highest BCUT2D eigenvalue weighted by Gasteiger charge is 2.27. The van der Waals surface area contributed by atoms with Crippen LogP contribution in [-0.4, -0.2) is 52.4 Å². The number of rotatable bonds is 4. The second-order valence-corrected chi connectivity index (χ2v) is 4.31. The second-order valence-electron chi connectivity index (χ2n) is 4.31. The fourth-order valence-corrected chi connectivity index (χ4v) is 1.86. The van der Waals surface area contributed by atoms with E-state index in [-0.39, 0.29) is 24.5 Å². The minimum atomic E-state index is -0.210. The Balaban J connectivity index is 1.80. The van der Waals surface area contributed by atoms with Gasteiger partial charge in [-0.25, -0.2) is 9.97 Å². The van der Waals surface area contributed by atoms with E-state index in [9.17, 15) is 9.59 Å². The number of nitrogens with zero attached hydrogens (tertiary/aromatic N) is 3. The molecule has 1 aromatic heterocycles. The van der Waals surface area contributed by atoms with Crippen LogP contribution in [0.15, 0.2) is 18.5 Å². The Kier molecular flexibility index (Phi) is 4.27. The highest BCUT2D eigenvalue weighted by molar-refractivity contribution is 5.83. The highest BCUT2D eigenvalue weighted by atomic mass is 16.5. The lowest BCUT2D eigenvalue weighted by Gasteiger charge is -2.16. The number of carbonyl (C=O) groups excluding carboxylic acids is 2. The SMILES string of the molecule is CC(=O)NCC(=O)N1CC[C@H](Oc2ncccn2)C1. The summed E-state index contributed by atoms with van der Waals surface area (Å²) < 4.78 is 5.58. The predicted octanol–water partition coefficient (Wildman–Crippen LogP) is -0.408. The average Bonchev–Trinajstić information content (AvgIpc) is 2.85. The molecule has 2 heterocycles. The topological polar surface area (TPSA) is 84.4 Å². The molecule has 2 rings (SSSR count). The van der Waals surface area contributed by atoms with Crippen LogP contribution in [0.3, 0.4) is 0 Å². The molecule has 0 saturated carbocycles. The van der Waals surface area contributed by atoms with Crippen molar-refractivity contribution in [2.75, 3.05) is 19.6 Å². The van der Waals surface area contributed by atoms with Gasteiger partial charge in [0.1, 0.15) is 6.10 Å². The Morgan fingerprint density at radius 3 is 2.89 bits per heavy atom. The molecule has 1 aromatic rings. The quantitative estimate of drug-likeness (QED) is 0.799. The van der Waals surface area contributed by atoms with Crippen LogP contribution >= 0.6 is 0 Å². The summed E-state index contributed by atoms with van der Waals surface area (Å²) in [5.74, 6) is -0.312. The molecule has 102 valence electrons. The van der Waals surface area contributed by atoms with Gasteiger partial charge in [-0.3, -0.25) is 9.59 Å². The molecule has 7 heteroatoms. The minimum absolute atomic E-state index is 0.0316. The van der Waals surface area contributed by atoms with Crippen molar-refractivity contribution in [3.63, 3.8) is 0 Å². The highest BCUT2D eigenvalue weighted by Crippen LogP contribution is 2.14. The molecule has 1 aliphatic heterocycles. The van der Waals surface area contributed by atoms with Crippen LogP contribution < -0.4 is 10.1 Å². The van der Waals surface area contributed by atoms with Crippen molar-refractivity contribution < 1.29 is 14.3 Å². The summed E-state index contributed by atoms with van der Waals surface area (Å²) in [7, 11) is 0. The van der Waals surface area contributed by atoms with E-state index in [1.165, 1.54) is 6.92 Å². The summed E-state index contributed by atoms with van der Waals surface area (Å²) in [6.45, 7) is 2.53. The van der Waals surface area contributed by atoms with Gasteiger partial charge < -0.3 is 15.0 Å². The van der Waals surface area contributed by atoms with E-state index >= 15 is 0 Å². The third-order valence-electron chi connectivity index (χ3n) is 2.80. The van der Waals surface area contributed by atoms with Crippen LogP contribution in [0.25, 0.3) is 0 Å². The van der Waals surface area contributed by atoms with Gasteiger partial charge in [0.2, 0.25) is 11.8 Å². The van der Waals surface area contributed by atoms with Gasteiger partial charge >= 0.3 is 6.01 Å². The average molecular weight is 264 g/mol. The molecule has 1 atom stereocenters. The lowest BCUT2D eigenvalue weighted by atomic mass is 10.3. The molecule has 1 fully saturated rings. The molecular weight excluding hydrogens is 248 g/mol. The van der Waals surface area contributed by atoms with Crippen LogP contribution in [0.2, 0.25) is 0 Å². The Morgan fingerprint density at radius 1 is 1.47 bits per heavy atom. The lowest BCUT2D eigenvalue weighted by molar-refractivity contribution is -0.131. The molecule has 19 heavy (non-hydrogen) atoms. The molecule has 0 unspecified atom stereocenters. The van der Waals surface area contributed by atoms with Crippen molar-refractivity contribution in [1.82, 2.24) is 20.2 Å². The lowest BCUT2D eigenvalue weighted by Crippen LogP contribution is -2.39. The zero-order chi connectivity index (χ0) is 13.7. The van der Waals surface area contributed by atoms with Gasteiger partial charge in [0, 0.05) is 32.3 Å². The van der Waals surface area contributed by atoms with Crippen LogP contribution in [-0.2, 0) is 9.59 Å². The molecule has 0 aromatic carbocycles. The van der Waals surface area contributed by atoms with Crippen LogP contribution in [0, 0.1) is 0 Å². The summed E-state index contributed by atoms with van der Waals surface area (Å²) in [4.78, 5) is 32.1. The molecule has 1 N–H and O–H groups in total. The van der Waals surface area contributed by atoms with Crippen LogP contribution in [0.4, 0.5) is 0 Å². The van der Waals surface area contributed by atoms with Crippen molar-refractivity contribution in [3.8, 4) is 6.01 Å². The standard InChI is InChI=1S/C12H16N4O3/c1-9(17)15-7-11(18)16-6-3-10(8-16)19-12-13-4-2-5-14-12/h2,4-5,10H,3,6-8H2,1H3,(H,15,17)/t10-/m0/s1. The predicted molar refractivity (Wildman–Crippen MR) is 66.3 cm³/mol. The number of hydrogen-bond donors (Lipinski definition) is 1. The van der Waals surface area contributed by atoms with Crippen molar-refractivity contribution in [2.45, 2.75) is 19.4 Å². The third-order valence-corrected chi connectivity index (χ3v) is 2.80. The van der Waals surface area contributed by atoms with E-state index in [0.717, 1.165) is 6.42 Å². The Morgan fingerprint density at radius 2 is 2.21 bits per heavy atom. The first-order chi connectivity index (χ1) is 9.15. The van der Waals surface area contributed by atoms with Gasteiger partial charge in [0.25, 0.3) is 0 Å². The number of amides is 2. The molecule has 0 spiro atoms. The number of carbonyl (C=O) groups is 2. The third kappa shape index (κ3) is 3.90. The Labute approximate surface area is 111 Å². The summed E-state index contributed by atoms with van der Waals surface area (Å²) in [6, 6.07) is 2.04. The largest absolute Gasteiger partial charge is 0.458 e. The number of hydrogen-bond acceptors (Lipinski definition) is 5. The van der Waals surface area contributed by atoms with E-state index in [2.05, 4.69) is 15.3 Å². The molecule has 0 aliphatic carbocycles. The summed E-state index contributed by atoms with van der Waals surface area (Å²) in [5.41, 5.74) is 0. The number of aromatic nitrogens is 2. The Hall–Kier alpha value is -2.18. The van der Waals surface area contributed by atoms with Gasteiger partial charge in [0.05, 0.1) is 13.1 Å². The maximum atomic E-state index is 11.8. The smallest absolute Gasteiger partial charge is 0.316 e. The monoisotopic (exact) mass is 264 g/mol. The van der Waals surface area contributed by atoms with Gasteiger partial charge in [-0.15, -0.1) is 0 Å². The van der Waals surface area contributed by atoms with E-state index in [1.807, 2.05) is 0 Å². The van der Waals surface area contributed by atoms with Crippen molar-refractivity contribution in [3.05, 3.63) is 18.5 Å². The van der Waals surface area contributed by atoms with Gasteiger partial charge in [-0.1, -0.05) is 0 Å². The number of ether oxygens (including phenoxy) is 1. The first-order valence-corrected chi connectivity index (χ1v) is 6.11. The fourth-order valence-electron chi connectivity index (χ4n) is 1.86. The maximum Gasteiger partial charge on any atom is 0.316 e. The zero-order valence-corrected chi connectivity index (χ0v) is 10.7. The summed E-state index contributed by atoms with van der Waals surface area (Å²) >= 11 is 0. The Bertz CT molecular complexity index is 452. The van der Waals surface area contributed by atoms with Crippen molar-refractivity contribution in [2.24, 2.45) is 0 Å². The summed E-state index contributed by atoms with van der Waals surface area (Å²) in [5, 5.41) is 2.49. The van der Waals surface area contributed by atoms with Gasteiger partial charge in [0.15, 0.2) is 0 Å². The minimum Gasteiger partial charge on any atom is -0.458 e. The first kappa shape index (κ1) is 13.3. The fraction of sp³-hybridized carbons (Fsp3) is 0.500. The van der Waals surface area contributed by atoms with Crippen LogP contribution in [0.1, 0.15) is 13.3 Å². The van der Waals surface area contributed by atoms with Crippen molar-refractivity contribution in [1.29, 1.82) is 0 Å². The van der Waals surface area contributed by atoms with Crippen molar-refractivity contribution >= 4 is 11.8 Å². The molecule has 2 amide bonds. The van der Waals surface area contributed by atoms with Gasteiger partial charge in [-0.2, -0.15) is 0 Å². The molecule has 0 radical (unpaired) electrons. The second kappa shape index (κ2) is 6.12.